The van der Waals surface area contributed by atoms with Crippen LogP contribution in [0.5, 0.6) is 0 Å². The van der Waals surface area contributed by atoms with Crippen LogP contribution in [-0.2, 0) is 4.79 Å². The Labute approximate surface area is 120 Å². The van der Waals surface area contributed by atoms with Crippen molar-refractivity contribution in [1.82, 2.24) is 15.5 Å². The van der Waals surface area contributed by atoms with E-state index >= 15 is 0 Å². The lowest BCUT2D eigenvalue weighted by Gasteiger charge is -2.24. The fourth-order valence-electron chi connectivity index (χ4n) is 1.73. The average Bonchev–Trinajstić information content (AvgIpc) is 2.42. The number of aliphatic imine (C=N–C) groups is 1. The lowest BCUT2D eigenvalue weighted by Crippen LogP contribution is -2.46. The summed E-state index contributed by atoms with van der Waals surface area (Å²) in [5.41, 5.74) is 0. The predicted molar refractivity (Wildman–Crippen MR) is 82.8 cm³/mol. The third-order valence-corrected chi connectivity index (χ3v) is 4.13. The normalized spacial score (nSPS) is 19.9. The zero-order valence-corrected chi connectivity index (χ0v) is 13.1. The summed E-state index contributed by atoms with van der Waals surface area (Å²) in [6.07, 6.45) is 3.48. The van der Waals surface area contributed by atoms with Crippen molar-refractivity contribution in [1.29, 1.82) is 0 Å². The number of rotatable bonds is 5. The van der Waals surface area contributed by atoms with Crippen LogP contribution in [0.25, 0.3) is 0 Å². The average molecular weight is 286 g/mol. The number of hydrogen-bond acceptors (Lipinski definition) is 3. The van der Waals surface area contributed by atoms with Gasteiger partial charge in [0.1, 0.15) is 6.54 Å². The molecule has 6 heteroatoms. The highest BCUT2D eigenvalue weighted by atomic mass is 32.2. The van der Waals surface area contributed by atoms with Crippen molar-refractivity contribution in [2.24, 2.45) is 4.99 Å². The Morgan fingerprint density at radius 1 is 1.47 bits per heavy atom. The van der Waals surface area contributed by atoms with E-state index < -0.39 is 0 Å². The molecule has 0 aromatic rings. The molecule has 1 fully saturated rings. The fraction of sp³-hybridized carbons (Fsp3) is 0.846. The number of carbonyl (C=O) groups excluding carboxylic acids is 1. The van der Waals surface area contributed by atoms with Gasteiger partial charge in [-0.2, -0.15) is 11.8 Å². The van der Waals surface area contributed by atoms with Gasteiger partial charge in [-0.1, -0.05) is 6.92 Å². The van der Waals surface area contributed by atoms with Gasteiger partial charge in [0.05, 0.1) is 0 Å². The Balaban J connectivity index is 2.49. The molecule has 1 atom stereocenters. The van der Waals surface area contributed by atoms with Crippen LogP contribution in [0.4, 0.5) is 0 Å². The zero-order chi connectivity index (χ0) is 14.1. The van der Waals surface area contributed by atoms with Gasteiger partial charge in [-0.3, -0.25) is 4.79 Å². The molecule has 1 saturated heterocycles. The first-order chi connectivity index (χ1) is 9.13. The third-order valence-electron chi connectivity index (χ3n) is 2.91. The first-order valence-corrected chi connectivity index (χ1v) is 8.11. The molecule has 0 spiro atoms. The molecular weight excluding hydrogens is 260 g/mol. The van der Waals surface area contributed by atoms with Crippen LogP contribution >= 0.6 is 11.8 Å². The van der Waals surface area contributed by atoms with Crippen LogP contribution < -0.4 is 10.6 Å². The quantitative estimate of drug-likeness (QED) is 0.583. The summed E-state index contributed by atoms with van der Waals surface area (Å²) in [6.45, 7) is 3.19. The van der Waals surface area contributed by atoms with Gasteiger partial charge < -0.3 is 15.5 Å². The number of likely N-dealkylation sites (N-methyl/N-ethyl adjacent to an activating group) is 1. The van der Waals surface area contributed by atoms with E-state index in [1.54, 1.807) is 19.0 Å². The SMILES string of the molecule is CCCNC(=NCC(=O)N(C)C)NC1CCCSC1. The topological polar surface area (TPSA) is 56.7 Å². The Kier molecular flexibility index (Phi) is 7.70. The number of nitrogens with one attached hydrogen (secondary N) is 2. The molecule has 0 saturated carbocycles. The molecule has 110 valence electrons. The van der Waals surface area contributed by atoms with Gasteiger partial charge in [-0.05, 0) is 25.0 Å². The smallest absolute Gasteiger partial charge is 0.243 e. The van der Waals surface area contributed by atoms with E-state index in [9.17, 15) is 4.79 Å². The second-order valence-corrected chi connectivity index (χ2v) is 6.09. The third kappa shape index (κ3) is 6.71. The Bertz CT molecular complexity index is 301. The van der Waals surface area contributed by atoms with Gasteiger partial charge in [-0.15, -0.1) is 0 Å². The highest BCUT2D eigenvalue weighted by Gasteiger charge is 2.15. The molecule has 1 amide bonds. The van der Waals surface area contributed by atoms with Gasteiger partial charge in [0.25, 0.3) is 0 Å². The number of guanidine groups is 1. The molecular formula is C13H26N4OS. The number of thioether (sulfide) groups is 1. The van der Waals surface area contributed by atoms with Crippen molar-refractivity contribution < 1.29 is 4.79 Å². The number of hydrogen-bond donors (Lipinski definition) is 2. The molecule has 2 N–H and O–H groups in total. The highest BCUT2D eigenvalue weighted by molar-refractivity contribution is 7.99. The zero-order valence-electron chi connectivity index (χ0n) is 12.2. The molecule has 0 aromatic heterocycles. The Morgan fingerprint density at radius 2 is 2.26 bits per heavy atom. The second-order valence-electron chi connectivity index (χ2n) is 4.94. The largest absolute Gasteiger partial charge is 0.356 e. The van der Waals surface area contributed by atoms with Crippen molar-refractivity contribution in [3.63, 3.8) is 0 Å². The van der Waals surface area contributed by atoms with Crippen molar-refractivity contribution in [2.75, 3.05) is 38.7 Å². The first kappa shape index (κ1) is 16.1. The molecule has 1 aliphatic heterocycles. The minimum atomic E-state index is 0.0237. The molecule has 19 heavy (non-hydrogen) atoms. The number of amides is 1. The van der Waals surface area contributed by atoms with Crippen molar-refractivity contribution >= 4 is 23.6 Å². The molecule has 0 radical (unpaired) electrons. The fourth-order valence-corrected chi connectivity index (χ4v) is 2.80. The summed E-state index contributed by atoms with van der Waals surface area (Å²) >= 11 is 1.98. The molecule has 1 rings (SSSR count). The van der Waals surface area contributed by atoms with Gasteiger partial charge in [0, 0.05) is 32.4 Å². The summed E-state index contributed by atoms with van der Waals surface area (Å²) in [5.74, 6) is 3.17. The standard InChI is InChI=1S/C13H26N4OS/c1-4-7-14-13(15-9-12(18)17(2)3)16-11-6-5-8-19-10-11/h11H,4-10H2,1-3H3,(H2,14,15,16). The van der Waals surface area contributed by atoms with E-state index in [1.165, 1.54) is 18.6 Å². The molecule has 0 aliphatic carbocycles. The lowest BCUT2D eigenvalue weighted by atomic mass is 10.2. The van der Waals surface area contributed by atoms with Gasteiger partial charge >= 0.3 is 0 Å². The van der Waals surface area contributed by atoms with Crippen LogP contribution in [0.15, 0.2) is 4.99 Å². The van der Waals surface area contributed by atoms with Crippen LogP contribution in [0, 0.1) is 0 Å². The van der Waals surface area contributed by atoms with E-state index in [4.69, 9.17) is 0 Å². The van der Waals surface area contributed by atoms with E-state index in [0.29, 0.717) is 6.04 Å². The van der Waals surface area contributed by atoms with E-state index in [-0.39, 0.29) is 12.5 Å². The van der Waals surface area contributed by atoms with Crippen molar-refractivity contribution in [3.05, 3.63) is 0 Å². The number of carbonyl (C=O) groups is 1. The Hall–Kier alpha value is -0.910. The van der Waals surface area contributed by atoms with Crippen molar-refractivity contribution in [2.45, 2.75) is 32.2 Å². The van der Waals surface area contributed by atoms with Crippen LogP contribution in [0.2, 0.25) is 0 Å². The van der Waals surface area contributed by atoms with Gasteiger partial charge in [-0.25, -0.2) is 4.99 Å². The monoisotopic (exact) mass is 286 g/mol. The molecule has 5 nitrogen and oxygen atoms in total. The maximum atomic E-state index is 11.6. The molecule has 0 bridgehead atoms. The van der Waals surface area contributed by atoms with Gasteiger partial charge in [0.2, 0.25) is 5.91 Å². The Morgan fingerprint density at radius 3 is 2.84 bits per heavy atom. The van der Waals surface area contributed by atoms with E-state index in [2.05, 4.69) is 22.5 Å². The number of nitrogens with zero attached hydrogens (tertiary/aromatic N) is 2. The van der Waals surface area contributed by atoms with Crippen molar-refractivity contribution in [3.8, 4) is 0 Å². The van der Waals surface area contributed by atoms with Gasteiger partial charge in [0.15, 0.2) is 5.96 Å². The summed E-state index contributed by atoms with van der Waals surface area (Å²) in [7, 11) is 3.50. The summed E-state index contributed by atoms with van der Waals surface area (Å²) in [5, 5.41) is 6.70. The minimum absolute atomic E-state index is 0.0237. The van der Waals surface area contributed by atoms with Crippen LogP contribution in [0.1, 0.15) is 26.2 Å². The van der Waals surface area contributed by atoms with Crippen LogP contribution in [-0.4, -0.2) is 61.5 Å². The molecule has 1 heterocycles. The van der Waals surface area contributed by atoms with E-state index in [1.807, 2.05) is 11.8 Å². The summed E-state index contributed by atoms with van der Waals surface area (Å²) in [4.78, 5) is 17.5. The maximum Gasteiger partial charge on any atom is 0.243 e. The summed E-state index contributed by atoms with van der Waals surface area (Å²) in [6, 6.07) is 0.469. The predicted octanol–water partition coefficient (Wildman–Crippen LogP) is 0.915. The second kappa shape index (κ2) is 9.07. The molecule has 1 aliphatic rings. The van der Waals surface area contributed by atoms with E-state index in [0.717, 1.165) is 24.7 Å². The highest BCUT2D eigenvalue weighted by Crippen LogP contribution is 2.16. The molecule has 1 unspecified atom stereocenters. The summed E-state index contributed by atoms with van der Waals surface area (Å²) < 4.78 is 0. The lowest BCUT2D eigenvalue weighted by molar-refractivity contribution is -0.127. The first-order valence-electron chi connectivity index (χ1n) is 6.96. The maximum absolute atomic E-state index is 11.6. The molecule has 0 aromatic carbocycles. The minimum Gasteiger partial charge on any atom is -0.356 e. The van der Waals surface area contributed by atoms with Crippen LogP contribution in [0.3, 0.4) is 0 Å².